The van der Waals surface area contributed by atoms with Gasteiger partial charge < -0.3 is 14.4 Å². The Kier molecular flexibility index (Phi) is 6.74. The van der Waals surface area contributed by atoms with E-state index in [2.05, 4.69) is 0 Å². The topological polar surface area (TPSA) is 55.8 Å². The molecule has 7 heteroatoms. The number of carbonyl (C=O) groups is 2. The second-order valence-electron chi connectivity index (χ2n) is 6.38. The fourth-order valence-electron chi connectivity index (χ4n) is 3.00. The Bertz CT molecular complexity index is 782. The maximum Gasteiger partial charge on any atom is 0.309 e. The lowest BCUT2D eigenvalue weighted by atomic mass is 9.97. The van der Waals surface area contributed by atoms with Crippen molar-refractivity contribution in [1.29, 1.82) is 0 Å². The zero-order valence-corrected chi connectivity index (χ0v) is 16.7. The van der Waals surface area contributed by atoms with Gasteiger partial charge in [0.2, 0.25) is 0 Å². The van der Waals surface area contributed by atoms with E-state index in [4.69, 9.17) is 21.1 Å². The summed E-state index contributed by atoms with van der Waals surface area (Å²) in [4.78, 5) is 27.0. The summed E-state index contributed by atoms with van der Waals surface area (Å²) in [6, 6.07) is 9.06. The molecule has 5 nitrogen and oxygen atoms in total. The number of likely N-dealkylation sites (tertiary alicyclic amines) is 1. The first kappa shape index (κ1) is 19.7. The van der Waals surface area contributed by atoms with Crippen molar-refractivity contribution in [3.8, 4) is 5.75 Å². The number of ether oxygens (including phenoxy) is 2. The molecule has 2 aromatic rings. The molecule has 3 rings (SSSR count). The van der Waals surface area contributed by atoms with Gasteiger partial charge in [0.15, 0.2) is 0 Å². The Morgan fingerprint density at radius 3 is 2.59 bits per heavy atom. The van der Waals surface area contributed by atoms with E-state index < -0.39 is 0 Å². The summed E-state index contributed by atoms with van der Waals surface area (Å²) in [6.07, 6.45) is 1.31. The summed E-state index contributed by atoms with van der Waals surface area (Å²) in [6.45, 7) is 3.76. The lowest BCUT2D eigenvalue weighted by molar-refractivity contribution is -0.149. The quantitative estimate of drug-likeness (QED) is 0.666. The van der Waals surface area contributed by atoms with Crippen LogP contribution in [0.15, 0.2) is 35.7 Å². The summed E-state index contributed by atoms with van der Waals surface area (Å²) in [7, 11) is 0. The van der Waals surface area contributed by atoms with Crippen LogP contribution >= 0.6 is 22.9 Å². The average Bonchev–Trinajstić information content (AvgIpc) is 3.16. The van der Waals surface area contributed by atoms with Gasteiger partial charge in [0.1, 0.15) is 12.4 Å². The summed E-state index contributed by atoms with van der Waals surface area (Å²) < 4.78 is 10.8. The Hall–Kier alpha value is -2.05. The van der Waals surface area contributed by atoms with Gasteiger partial charge in [-0.3, -0.25) is 9.59 Å². The third kappa shape index (κ3) is 5.23. The molecule has 144 valence electrons. The maximum atomic E-state index is 12.7. The van der Waals surface area contributed by atoms with Crippen molar-refractivity contribution in [2.45, 2.75) is 26.4 Å². The van der Waals surface area contributed by atoms with Crippen LogP contribution in [0.25, 0.3) is 0 Å². The highest BCUT2D eigenvalue weighted by Crippen LogP contribution is 2.24. The van der Waals surface area contributed by atoms with E-state index >= 15 is 0 Å². The zero-order valence-electron chi connectivity index (χ0n) is 15.2. The maximum absolute atomic E-state index is 12.7. The summed E-state index contributed by atoms with van der Waals surface area (Å²) >= 11 is 7.28. The Morgan fingerprint density at radius 1 is 1.22 bits per heavy atom. The van der Waals surface area contributed by atoms with Crippen LogP contribution in [-0.2, 0) is 16.1 Å². The van der Waals surface area contributed by atoms with Crippen molar-refractivity contribution in [3.05, 3.63) is 51.2 Å². The van der Waals surface area contributed by atoms with Gasteiger partial charge in [-0.15, -0.1) is 11.3 Å². The second-order valence-corrected chi connectivity index (χ2v) is 7.73. The number of hydrogen-bond acceptors (Lipinski definition) is 5. The van der Waals surface area contributed by atoms with Gasteiger partial charge >= 0.3 is 5.97 Å². The molecule has 0 N–H and O–H groups in total. The van der Waals surface area contributed by atoms with Gasteiger partial charge in [-0.05, 0) is 55.5 Å². The molecule has 1 aromatic carbocycles. The van der Waals surface area contributed by atoms with E-state index in [1.165, 1.54) is 11.3 Å². The van der Waals surface area contributed by atoms with Gasteiger partial charge in [0, 0.05) is 23.7 Å². The van der Waals surface area contributed by atoms with Gasteiger partial charge in [0.25, 0.3) is 5.91 Å². The number of esters is 1. The highest BCUT2D eigenvalue weighted by molar-refractivity contribution is 7.12. The van der Waals surface area contributed by atoms with Gasteiger partial charge in [-0.1, -0.05) is 11.6 Å². The molecule has 0 saturated carbocycles. The number of hydrogen-bond donors (Lipinski definition) is 0. The summed E-state index contributed by atoms with van der Waals surface area (Å²) in [5, 5.41) is 2.60. The average molecular weight is 408 g/mol. The van der Waals surface area contributed by atoms with Crippen LogP contribution in [0.2, 0.25) is 5.02 Å². The third-order valence-electron chi connectivity index (χ3n) is 4.49. The molecule has 0 unspecified atom stereocenters. The van der Waals surface area contributed by atoms with E-state index in [0.29, 0.717) is 49.0 Å². The van der Waals surface area contributed by atoms with Crippen LogP contribution in [0.3, 0.4) is 0 Å². The predicted molar refractivity (Wildman–Crippen MR) is 105 cm³/mol. The third-order valence-corrected chi connectivity index (χ3v) is 5.70. The van der Waals surface area contributed by atoms with Crippen molar-refractivity contribution < 1.29 is 19.1 Å². The standard InChI is InChI=1S/C20H22ClNO4S/c1-2-25-20(24)15-7-9-22(10-8-15)19(23)18-11-14(13-27-18)12-26-17-5-3-16(21)4-6-17/h3-6,11,13,15H,2,7-10,12H2,1H3. The Morgan fingerprint density at radius 2 is 1.93 bits per heavy atom. The molecular formula is C20H22ClNO4S. The molecular weight excluding hydrogens is 386 g/mol. The van der Waals surface area contributed by atoms with E-state index in [1.807, 2.05) is 35.4 Å². The number of amides is 1. The highest BCUT2D eigenvalue weighted by atomic mass is 35.5. The first-order valence-electron chi connectivity index (χ1n) is 8.98. The van der Waals surface area contributed by atoms with Gasteiger partial charge in [-0.2, -0.15) is 0 Å². The molecule has 1 fully saturated rings. The first-order valence-corrected chi connectivity index (χ1v) is 10.2. The minimum absolute atomic E-state index is 0.0139. The van der Waals surface area contributed by atoms with Crippen LogP contribution < -0.4 is 4.74 Å². The fourth-order valence-corrected chi connectivity index (χ4v) is 3.98. The number of thiophene rings is 1. The molecule has 0 radical (unpaired) electrons. The Labute approximate surface area is 167 Å². The molecule has 0 aliphatic carbocycles. The normalized spacial score (nSPS) is 14.8. The number of halogens is 1. The first-order chi connectivity index (χ1) is 13.1. The molecule has 0 atom stereocenters. The molecule has 0 spiro atoms. The van der Waals surface area contributed by atoms with Crippen LogP contribution in [-0.4, -0.2) is 36.5 Å². The van der Waals surface area contributed by atoms with E-state index in [-0.39, 0.29) is 17.8 Å². The van der Waals surface area contributed by atoms with Crippen molar-refractivity contribution in [2.24, 2.45) is 5.92 Å². The highest BCUT2D eigenvalue weighted by Gasteiger charge is 2.29. The monoisotopic (exact) mass is 407 g/mol. The molecule has 0 bridgehead atoms. The van der Waals surface area contributed by atoms with Crippen molar-refractivity contribution in [1.82, 2.24) is 4.90 Å². The fraction of sp³-hybridized carbons (Fsp3) is 0.400. The number of piperidine rings is 1. The summed E-state index contributed by atoms with van der Waals surface area (Å²) in [5.41, 5.74) is 0.958. The van der Waals surface area contributed by atoms with Crippen molar-refractivity contribution >= 4 is 34.8 Å². The van der Waals surface area contributed by atoms with Crippen molar-refractivity contribution in [2.75, 3.05) is 19.7 Å². The molecule has 1 saturated heterocycles. The van der Waals surface area contributed by atoms with Crippen LogP contribution in [0.1, 0.15) is 35.0 Å². The minimum Gasteiger partial charge on any atom is -0.489 e. The van der Waals surface area contributed by atoms with Crippen LogP contribution in [0, 0.1) is 5.92 Å². The molecule has 1 aliphatic heterocycles. The van der Waals surface area contributed by atoms with Crippen molar-refractivity contribution in [3.63, 3.8) is 0 Å². The molecule has 1 aromatic heterocycles. The smallest absolute Gasteiger partial charge is 0.309 e. The van der Waals surface area contributed by atoms with E-state index in [0.717, 1.165) is 11.3 Å². The molecule has 1 amide bonds. The number of rotatable bonds is 6. The van der Waals surface area contributed by atoms with Gasteiger partial charge in [-0.25, -0.2) is 0 Å². The lowest BCUT2D eigenvalue weighted by Gasteiger charge is -2.30. The summed E-state index contributed by atoms with van der Waals surface area (Å²) in [5.74, 6) is 0.502. The second kappa shape index (κ2) is 9.24. The van der Waals surface area contributed by atoms with Gasteiger partial charge in [0.05, 0.1) is 17.4 Å². The Balaban J connectivity index is 1.51. The molecule has 1 aliphatic rings. The number of benzene rings is 1. The van der Waals surface area contributed by atoms with E-state index in [9.17, 15) is 9.59 Å². The predicted octanol–water partition coefficient (Wildman–Crippen LogP) is 4.40. The molecule has 27 heavy (non-hydrogen) atoms. The number of carbonyl (C=O) groups excluding carboxylic acids is 2. The lowest BCUT2D eigenvalue weighted by Crippen LogP contribution is -2.40. The number of nitrogens with zero attached hydrogens (tertiary/aromatic N) is 1. The minimum atomic E-state index is -0.151. The molecule has 2 heterocycles. The van der Waals surface area contributed by atoms with Crippen LogP contribution in [0.4, 0.5) is 0 Å². The van der Waals surface area contributed by atoms with E-state index in [1.54, 1.807) is 12.1 Å². The SMILES string of the molecule is CCOC(=O)C1CCN(C(=O)c2cc(COc3ccc(Cl)cc3)cs2)CC1. The largest absolute Gasteiger partial charge is 0.489 e. The van der Waals surface area contributed by atoms with Crippen LogP contribution in [0.5, 0.6) is 5.75 Å². The zero-order chi connectivity index (χ0) is 19.2.